The fourth-order valence-electron chi connectivity index (χ4n) is 3.05. The third-order valence-corrected chi connectivity index (χ3v) is 6.11. The van der Waals surface area contributed by atoms with Gasteiger partial charge in [0.1, 0.15) is 17.2 Å². The molecule has 0 atom stereocenters. The summed E-state index contributed by atoms with van der Waals surface area (Å²) in [5.74, 6) is -2.69. The Hall–Kier alpha value is -2.94. The van der Waals surface area contributed by atoms with Gasteiger partial charge in [-0.3, -0.25) is 4.79 Å². The highest BCUT2D eigenvalue weighted by atomic mass is 127. The van der Waals surface area contributed by atoms with E-state index in [2.05, 4.69) is 36.4 Å². The Morgan fingerprint density at radius 2 is 1.74 bits per heavy atom. The van der Waals surface area contributed by atoms with E-state index in [0.717, 1.165) is 12.3 Å². The van der Waals surface area contributed by atoms with Gasteiger partial charge in [-0.05, 0) is 74.4 Å². The summed E-state index contributed by atoms with van der Waals surface area (Å²) in [6.07, 6.45) is -1.41. The lowest BCUT2D eigenvalue weighted by Gasteiger charge is -2.14. The molecular weight excluding hydrogens is 640 g/mol. The van der Waals surface area contributed by atoms with E-state index in [1.165, 1.54) is 36.7 Å². The number of benzene rings is 2. The smallest absolute Gasteiger partial charge is 0.321 e. The van der Waals surface area contributed by atoms with Crippen LogP contribution in [-0.2, 0) is 6.18 Å². The highest BCUT2D eigenvalue weighted by Gasteiger charge is 2.36. The van der Waals surface area contributed by atoms with Gasteiger partial charge in [0.25, 0.3) is 5.91 Å². The number of pyridine rings is 1. The molecule has 2 aromatic carbocycles. The summed E-state index contributed by atoms with van der Waals surface area (Å²) in [5, 5.41) is 9.59. The van der Waals surface area contributed by atoms with Crippen LogP contribution in [0.3, 0.4) is 0 Å². The van der Waals surface area contributed by atoms with E-state index in [1.807, 2.05) is 22.6 Å². The van der Waals surface area contributed by atoms with Crippen molar-refractivity contribution < 1.29 is 26.7 Å². The normalized spacial score (nSPS) is 11.5. The number of hydrogen-bond acceptors (Lipinski definition) is 4. The number of rotatable bonds is 4. The van der Waals surface area contributed by atoms with Crippen LogP contribution < -0.4 is 5.32 Å². The minimum Gasteiger partial charge on any atom is -0.321 e. The SMILES string of the molecule is O=C(Nc1cnc(-n2nccn2)c(C(F)(F)F)c1)c1cc(F)c(-c2ccc(F)cc2I)cc1Br. The second kappa shape index (κ2) is 9.37. The van der Waals surface area contributed by atoms with Crippen LogP contribution in [-0.4, -0.2) is 25.9 Å². The molecule has 2 aromatic heterocycles. The minimum absolute atomic E-state index is 0.116. The molecule has 2 heterocycles. The first-order valence-corrected chi connectivity index (χ1v) is 11.1. The lowest BCUT2D eigenvalue weighted by Crippen LogP contribution is -2.17. The molecule has 0 aliphatic rings. The van der Waals surface area contributed by atoms with E-state index >= 15 is 0 Å². The van der Waals surface area contributed by atoms with Crippen molar-refractivity contribution >= 4 is 50.1 Å². The summed E-state index contributed by atoms with van der Waals surface area (Å²) < 4.78 is 69.5. The van der Waals surface area contributed by atoms with Gasteiger partial charge in [-0.25, -0.2) is 13.8 Å². The van der Waals surface area contributed by atoms with Crippen molar-refractivity contribution in [2.45, 2.75) is 6.18 Å². The molecule has 1 N–H and O–H groups in total. The van der Waals surface area contributed by atoms with Crippen molar-refractivity contribution in [1.29, 1.82) is 0 Å². The number of alkyl halides is 3. The third kappa shape index (κ3) is 4.94. The number of anilines is 1. The van der Waals surface area contributed by atoms with Crippen LogP contribution in [0.1, 0.15) is 15.9 Å². The molecule has 4 aromatic rings. The topological polar surface area (TPSA) is 72.7 Å². The molecule has 0 fully saturated rings. The Morgan fingerprint density at radius 3 is 2.38 bits per heavy atom. The largest absolute Gasteiger partial charge is 0.420 e. The van der Waals surface area contributed by atoms with Gasteiger partial charge >= 0.3 is 6.18 Å². The van der Waals surface area contributed by atoms with Gasteiger partial charge in [0, 0.05) is 13.6 Å². The van der Waals surface area contributed by atoms with Gasteiger partial charge in [0.15, 0.2) is 5.82 Å². The van der Waals surface area contributed by atoms with Crippen molar-refractivity contribution in [3.05, 3.63) is 85.8 Å². The van der Waals surface area contributed by atoms with Gasteiger partial charge in [-0.1, -0.05) is 6.07 Å². The fraction of sp³-hybridized carbons (Fsp3) is 0.0476. The van der Waals surface area contributed by atoms with Crippen molar-refractivity contribution in [1.82, 2.24) is 20.0 Å². The maximum atomic E-state index is 14.9. The minimum atomic E-state index is -4.81. The number of carbonyl (C=O) groups is 1. The molecule has 0 spiro atoms. The Morgan fingerprint density at radius 1 is 1.03 bits per heavy atom. The van der Waals surface area contributed by atoms with E-state index in [0.29, 0.717) is 20.0 Å². The first kappa shape index (κ1) is 24.2. The summed E-state index contributed by atoms with van der Waals surface area (Å²) in [4.78, 5) is 17.2. The number of aromatic nitrogens is 4. The highest BCUT2D eigenvalue weighted by Crippen LogP contribution is 2.35. The quantitative estimate of drug-likeness (QED) is 0.210. The van der Waals surface area contributed by atoms with Crippen LogP contribution in [0.2, 0.25) is 0 Å². The molecular formula is C21H10BrF5IN5O. The lowest BCUT2D eigenvalue weighted by atomic mass is 10.0. The van der Waals surface area contributed by atoms with E-state index in [9.17, 15) is 26.7 Å². The average molecular weight is 650 g/mol. The number of nitrogens with zero attached hydrogens (tertiary/aromatic N) is 4. The molecule has 0 aliphatic carbocycles. The lowest BCUT2D eigenvalue weighted by molar-refractivity contribution is -0.137. The predicted octanol–water partition coefficient (Wildman–Crippen LogP) is 6.25. The number of halogens is 7. The third-order valence-electron chi connectivity index (χ3n) is 4.56. The molecule has 34 heavy (non-hydrogen) atoms. The monoisotopic (exact) mass is 649 g/mol. The zero-order valence-electron chi connectivity index (χ0n) is 16.5. The van der Waals surface area contributed by atoms with Crippen molar-refractivity contribution in [2.24, 2.45) is 0 Å². The van der Waals surface area contributed by atoms with Gasteiger partial charge in [0.05, 0.1) is 29.8 Å². The van der Waals surface area contributed by atoms with Gasteiger partial charge in [0.2, 0.25) is 0 Å². The van der Waals surface area contributed by atoms with Crippen LogP contribution in [0.25, 0.3) is 16.9 Å². The number of nitrogens with one attached hydrogen (secondary N) is 1. The van der Waals surface area contributed by atoms with Crippen LogP contribution in [0, 0.1) is 15.2 Å². The van der Waals surface area contributed by atoms with Crippen molar-refractivity contribution in [3.8, 4) is 16.9 Å². The van der Waals surface area contributed by atoms with Crippen molar-refractivity contribution in [3.63, 3.8) is 0 Å². The van der Waals surface area contributed by atoms with E-state index in [1.54, 1.807) is 0 Å². The van der Waals surface area contributed by atoms with Crippen molar-refractivity contribution in [2.75, 3.05) is 5.32 Å². The predicted molar refractivity (Wildman–Crippen MR) is 124 cm³/mol. The number of carbonyl (C=O) groups excluding carboxylic acids is 1. The zero-order valence-corrected chi connectivity index (χ0v) is 20.3. The van der Waals surface area contributed by atoms with Gasteiger partial charge < -0.3 is 5.32 Å². The van der Waals surface area contributed by atoms with E-state index in [-0.39, 0.29) is 21.3 Å². The second-order valence-electron chi connectivity index (χ2n) is 6.80. The molecule has 6 nitrogen and oxygen atoms in total. The van der Waals surface area contributed by atoms with Crippen LogP contribution in [0.5, 0.6) is 0 Å². The molecule has 0 radical (unpaired) electrons. The molecule has 13 heteroatoms. The molecule has 1 amide bonds. The second-order valence-corrected chi connectivity index (χ2v) is 8.82. The molecule has 174 valence electrons. The summed E-state index contributed by atoms with van der Waals surface area (Å²) in [6.45, 7) is 0. The van der Waals surface area contributed by atoms with Crippen LogP contribution in [0.4, 0.5) is 27.6 Å². The summed E-state index contributed by atoms with van der Waals surface area (Å²) in [6, 6.07) is 6.78. The number of amides is 1. The van der Waals surface area contributed by atoms with E-state index < -0.39 is 35.1 Å². The summed E-state index contributed by atoms with van der Waals surface area (Å²) in [5.41, 5.74) is -1.07. The van der Waals surface area contributed by atoms with Gasteiger partial charge in [-0.15, -0.1) is 4.80 Å². The van der Waals surface area contributed by atoms with E-state index in [4.69, 9.17) is 0 Å². The van der Waals surface area contributed by atoms with Crippen LogP contribution in [0.15, 0.2) is 59.5 Å². The van der Waals surface area contributed by atoms with Gasteiger partial charge in [-0.2, -0.15) is 23.4 Å². The molecule has 0 aliphatic heterocycles. The fourth-order valence-corrected chi connectivity index (χ4v) is 4.34. The Balaban J connectivity index is 1.66. The standard InChI is InChI=1S/C21H10BrF5IN5O/c22-16-7-13(12-2-1-10(23)5-18(12)28)17(24)8-14(16)20(34)32-11-6-15(21(25,26)27)19(29-9-11)33-30-3-4-31-33/h1-9H,(H,32,34). The summed E-state index contributed by atoms with van der Waals surface area (Å²) >= 11 is 5.06. The van der Waals surface area contributed by atoms with Crippen LogP contribution >= 0.6 is 38.5 Å². The first-order valence-electron chi connectivity index (χ1n) is 9.24. The molecule has 0 saturated heterocycles. The highest BCUT2D eigenvalue weighted by molar-refractivity contribution is 14.1. The maximum absolute atomic E-state index is 14.9. The number of hydrogen-bond donors (Lipinski definition) is 1. The Kier molecular flexibility index (Phi) is 6.66. The molecule has 0 unspecified atom stereocenters. The molecule has 0 bridgehead atoms. The molecule has 0 saturated carbocycles. The Bertz CT molecular complexity index is 1400. The average Bonchev–Trinajstić information content (AvgIpc) is 3.29. The maximum Gasteiger partial charge on any atom is 0.420 e. The summed E-state index contributed by atoms with van der Waals surface area (Å²) in [7, 11) is 0. The zero-order chi connectivity index (χ0) is 24.6. The first-order chi connectivity index (χ1) is 16.0. The Labute approximate surface area is 210 Å². The molecule has 4 rings (SSSR count).